The lowest BCUT2D eigenvalue weighted by molar-refractivity contribution is -0.838. The molecule has 2 heterocycles. The lowest BCUT2D eigenvalue weighted by Gasteiger charge is -2.32. The minimum absolute atomic E-state index is 0.00307. The van der Waals surface area contributed by atoms with E-state index in [-0.39, 0.29) is 30.5 Å². The highest BCUT2D eigenvalue weighted by atomic mass is 32.2. The number of hydrogen-bond donors (Lipinski definition) is 2. The van der Waals surface area contributed by atoms with Crippen molar-refractivity contribution < 1.29 is 23.0 Å². The molecule has 1 saturated heterocycles. The Balaban J connectivity index is 1.95. The molecule has 1 aromatic heterocycles. The van der Waals surface area contributed by atoms with Gasteiger partial charge < -0.3 is 14.6 Å². The molecule has 3 atom stereocenters. The maximum absolute atomic E-state index is 13.4. The SMILES string of the molecule is CN=NC1CC(N=Nc2c(C)c([NH+]3CCCCC3)c(O)n(CCCN(C)C)c2=O)CCC1S(=O)(=O)[O-]. The van der Waals surface area contributed by atoms with E-state index < -0.39 is 27.0 Å². The zero-order chi connectivity index (χ0) is 26.5. The van der Waals surface area contributed by atoms with Crippen molar-refractivity contribution >= 4 is 21.5 Å². The van der Waals surface area contributed by atoms with Crippen molar-refractivity contribution in [3.63, 3.8) is 0 Å². The number of quaternary nitrogens is 1. The van der Waals surface area contributed by atoms with Crippen molar-refractivity contribution in [1.29, 1.82) is 0 Å². The molecule has 0 amide bonds. The third-order valence-electron chi connectivity index (χ3n) is 7.14. The van der Waals surface area contributed by atoms with E-state index in [0.29, 0.717) is 30.6 Å². The summed E-state index contributed by atoms with van der Waals surface area (Å²) in [6.45, 7) is 4.67. The van der Waals surface area contributed by atoms with Gasteiger partial charge in [-0.2, -0.15) is 15.3 Å². The van der Waals surface area contributed by atoms with E-state index in [1.165, 1.54) is 11.6 Å². The van der Waals surface area contributed by atoms with E-state index in [2.05, 4.69) is 20.5 Å². The van der Waals surface area contributed by atoms with E-state index in [1.807, 2.05) is 19.0 Å². The van der Waals surface area contributed by atoms with Gasteiger partial charge in [-0.05, 0) is 72.5 Å². The van der Waals surface area contributed by atoms with E-state index in [9.17, 15) is 22.9 Å². The molecule has 1 aliphatic carbocycles. The van der Waals surface area contributed by atoms with Crippen LogP contribution in [0.3, 0.4) is 0 Å². The molecule has 1 aromatic rings. The number of piperidine rings is 1. The van der Waals surface area contributed by atoms with Crippen molar-refractivity contribution in [2.24, 2.45) is 20.5 Å². The fourth-order valence-corrected chi connectivity index (χ4v) is 6.25. The quantitative estimate of drug-likeness (QED) is 0.368. The molecule has 36 heavy (non-hydrogen) atoms. The summed E-state index contributed by atoms with van der Waals surface area (Å²) in [5.41, 5.74) is 1.11. The van der Waals surface area contributed by atoms with E-state index in [1.54, 1.807) is 6.92 Å². The first kappa shape index (κ1) is 28.4. The van der Waals surface area contributed by atoms with Gasteiger partial charge >= 0.3 is 0 Å². The zero-order valence-corrected chi connectivity index (χ0v) is 22.5. The molecule has 2 aliphatic rings. The van der Waals surface area contributed by atoms with Crippen LogP contribution in [0.2, 0.25) is 0 Å². The Morgan fingerprint density at radius 1 is 1.17 bits per heavy atom. The summed E-state index contributed by atoms with van der Waals surface area (Å²) in [6, 6.07) is -1.17. The topological polar surface area (TPSA) is 157 Å². The third-order valence-corrected chi connectivity index (χ3v) is 8.43. The Bertz CT molecular complexity index is 1130. The molecular weight excluding hydrogens is 486 g/mol. The lowest BCUT2D eigenvalue weighted by Crippen LogP contribution is -3.08. The number of nitrogens with zero attached hydrogens (tertiary/aromatic N) is 6. The standard InChI is InChI=1S/C23H39N7O5S/c1-16-20(27-25-17-9-10-19(36(33,34)35)18(15-17)26-24-2)22(31)30(14-8-11-28(3)4)23(32)21(16)29-12-6-5-7-13-29/h17-19,32H,5-15H2,1-4H3,(H,33,34,35). The summed E-state index contributed by atoms with van der Waals surface area (Å²) in [6.07, 6.45) is 4.61. The molecule has 0 bridgehead atoms. The molecule has 0 spiro atoms. The van der Waals surface area contributed by atoms with E-state index in [4.69, 9.17) is 0 Å². The monoisotopic (exact) mass is 525 g/mol. The van der Waals surface area contributed by atoms with E-state index in [0.717, 1.165) is 43.8 Å². The number of nitrogens with one attached hydrogen (secondary N) is 1. The molecule has 202 valence electrons. The average Bonchev–Trinajstić information content (AvgIpc) is 2.81. The van der Waals surface area contributed by atoms with Gasteiger partial charge in [-0.25, -0.2) is 8.42 Å². The summed E-state index contributed by atoms with van der Waals surface area (Å²) >= 11 is 0. The van der Waals surface area contributed by atoms with Crippen molar-refractivity contribution in [2.45, 2.75) is 75.7 Å². The Hall–Kier alpha value is -2.22. The van der Waals surface area contributed by atoms with Gasteiger partial charge in [0.2, 0.25) is 0 Å². The van der Waals surface area contributed by atoms with Gasteiger partial charge in [-0.15, -0.1) is 5.11 Å². The van der Waals surface area contributed by atoms with Crippen LogP contribution in [0.4, 0.5) is 11.4 Å². The second-order valence-corrected chi connectivity index (χ2v) is 11.6. The van der Waals surface area contributed by atoms with Gasteiger partial charge in [0.15, 0.2) is 11.4 Å². The predicted molar refractivity (Wildman–Crippen MR) is 135 cm³/mol. The second-order valence-electron chi connectivity index (χ2n) is 10.0. The molecule has 2 N–H and O–H groups in total. The van der Waals surface area contributed by atoms with Crippen LogP contribution in [0.15, 0.2) is 25.3 Å². The maximum Gasteiger partial charge on any atom is 0.281 e. The summed E-state index contributed by atoms with van der Waals surface area (Å²) in [5, 5.41) is 26.4. The highest BCUT2D eigenvalue weighted by molar-refractivity contribution is 7.86. The molecule has 1 saturated carbocycles. The third kappa shape index (κ3) is 6.75. The highest BCUT2D eigenvalue weighted by Gasteiger charge is 2.35. The molecule has 0 aromatic carbocycles. The Labute approximate surface area is 212 Å². The van der Waals surface area contributed by atoms with Crippen LogP contribution in [-0.2, 0) is 16.7 Å². The fraction of sp³-hybridized carbons (Fsp3) is 0.783. The lowest BCUT2D eigenvalue weighted by atomic mass is 9.91. The van der Waals surface area contributed by atoms with Crippen molar-refractivity contribution in [1.82, 2.24) is 9.47 Å². The van der Waals surface area contributed by atoms with Crippen molar-refractivity contribution in [3.8, 4) is 5.88 Å². The Kier molecular flexibility index (Phi) is 9.72. The average molecular weight is 526 g/mol. The number of aromatic hydroxyl groups is 1. The van der Waals surface area contributed by atoms with Gasteiger partial charge in [-0.1, -0.05) is 0 Å². The number of pyridine rings is 1. The molecular formula is C23H39N7O5S. The molecule has 1 aliphatic heterocycles. The van der Waals surface area contributed by atoms with Crippen molar-refractivity contribution in [3.05, 3.63) is 15.9 Å². The number of azo groups is 2. The van der Waals surface area contributed by atoms with Crippen LogP contribution in [0.25, 0.3) is 0 Å². The van der Waals surface area contributed by atoms with E-state index >= 15 is 0 Å². The van der Waals surface area contributed by atoms with Gasteiger partial charge in [-0.3, -0.25) is 14.3 Å². The number of aromatic nitrogens is 1. The molecule has 3 unspecified atom stereocenters. The van der Waals surface area contributed by atoms with Crippen LogP contribution >= 0.6 is 0 Å². The molecule has 3 rings (SSSR count). The largest absolute Gasteiger partial charge is 0.748 e. The van der Waals surface area contributed by atoms with Crippen LogP contribution in [0, 0.1) is 6.92 Å². The summed E-state index contributed by atoms with van der Waals surface area (Å²) in [7, 11) is 0.840. The molecule has 2 fully saturated rings. The molecule has 0 radical (unpaired) electrons. The number of hydrogen-bond acceptors (Lipinski definition) is 10. The van der Waals surface area contributed by atoms with Gasteiger partial charge in [0.05, 0.1) is 40.5 Å². The Morgan fingerprint density at radius 2 is 1.86 bits per heavy atom. The number of rotatable bonds is 9. The highest BCUT2D eigenvalue weighted by Crippen LogP contribution is 2.32. The first-order chi connectivity index (χ1) is 17.0. The summed E-state index contributed by atoms with van der Waals surface area (Å²) < 4.78 is 36.3. The normalized spacial score (nSPS) is 24.3. The second kappa shape index (κ2) is 12.3. The molecule has 13 heteroatoms. The van der Waals surface area contributed by atoms with Crippen molar-refractivity contribution in [2.75, 3.05) is 40.8 Å². The zero-order valence-electron chi connectivity index (χ0n) is 21.7. The summed E-state index contributed by atoms with van der Waals surface area (Å²) in [4.78, 5) is 16.6. The first-order valence-corrected chi connectivity index (χ1v) is 14.1. The smallest absolute Gasteiger partial charge is 0.281 e. The minimum Gasteiger partial charge on any atom is -0.748 e. The van der Waals surface area contributed by atoms with Crippen LogP contribution < -0.4 is 10.5 Å². The predicted octanol–water partition coefficient (Wildman–Crippen LogP) is 1.51. The minimum atomic E-state index is -4.51. The van der Waals surface area contributed by atoms with Gasteiger partial charge in [0, 0.05) is 19.2 Å². The van der Waals surface area contributed by atoms with Gasteiger partial charge in [0.1, 0.15) is 0 Å². The maximum atomic E-state index is 13.4. The summed E-state index contributed by atoms with van der Waals surface area (Å²) in [5.74, 6) is -0.00307. The van der Waals surface area contributed by atoms with Crippen LogP contribution in [-0.4, -0.2) is 85.7 Å². The molecule has 12 nitrogen and oxygen atoms in total. The van der Waals surface area contributed by atoms with Crippen LogP contribution in [0.5, 0.6) is 5.88 Å². The van der Waals surface area contributed by atoms with Gasteiger partial charge in [0.25, 0.3) is 11.4 Å². The fourth-order valence-electron chi connectivity index (χ4n) is 5.28. The first-order valence-electron chi connectivity index (χ1n) is 12.6. The Morgan fingerprint density at radius 3 is 2.47 bits per heavy atom. The van der Waals surface area contributed by atoms with Crippen LogP contribution in [0.1, 0.15) is 50.5 Å².